The molecule has 0 spiro atoms. The molecule has 2 amide bonds. The van der Waals surface area contributed by atoms with Crippen molar-refractivity contribution in [2.24, 2.45) is 4.99 Å². The van der Waals surface area contributed by atoms with Crippen LogP contribution in [0.15, 0.2) is 47.5 Å². The number of anilines is 1. The molecule has 0 saturated carbocycles. The number of carbonyl (C=O) groups is 1. The minimum Gasteiger partial charge on any atom is -0.496 e. The monoisotopic (exact) mass is 430 g/mol. The van der Waals surface area contributed by atoms with Crippen molar-refractivity contribution in [2.45, 2.75) is 12.5 Å². The fourth-order valence-electron chi connectivity index (χ4n) is 2.32. The molecule has 0 unspecified atom stereocenters. The normalized spacial score (nSPS) is 11.8. The van der Waals surface area contributed by atoms with Gasteiger partial charge in [0.2, 0.25) is 5.90 Å². The molecule has 0 aromatic heterocycles. The van der Waals surface area contributed by atoms with Crippen LogP contribution in [0.5, 0.6) is 17.2 Å². The molecule has 0 radical (unpaired) electrons. The smallest absolute Gasteiger partial charge is 0.461 e. The van der Waals surface area contributed by atoms with Crippen LogP contribution in [0.1, 0.15) is 5.56 Å². The van der Waals surface area contributed by atoms with Crippen LogP contribution in [0.3, 0.4) is 0 Å². The fourth-order valence-corrected chi connectivity index (χ4v) is 2.32. The third-order valence-electron chi connectivity index (χ3n) is 3.65. The van der Waals surface area contributed by atoms with E-state index in [1.165, 1.54) is 33.5 Å². The number of rotatable bonds is 7. The van der Waals surface area contributed by atoms with Gasteiger partial charge in [-0.05, 0) is 36.4 Å². The Bertz CT molecular complexity index is 882. The van der Waals surface area contributed by atoms with E-state index in [1.54, 1.807) is 18.2 Å². The highest BCUT2D eigenvalue weighted by molar-refractivity contribution is 6.07. The molecule has 2 rings (SSSR count). The second kappa shape index (κ2) is 9.81. The average Bonchev–Trinajstić information content (AvgIpc) is 2.72. The van der Waals surface area contributed by atoms with Gasteiger partial charge in [0.15, 0.2) is 0 Å². The number of methoxy groups -OCH3 is 3. The average molecular weight is 430 g/mol. The zero-order valence-electron chi connectivity index (χ0n) is 16.1. The molecule has 0 aliphatic heterocycles. The number of aliphatic imine (C=N–C) groups is 1. The number of alkyl halides is 4. The van der Waals surface area contributed by atoms with E-state index < -0.39 is 24.3 Å². The minimum absolute atomic E-state index is 0.0988. The summed E-state index contributed by atoms with van der Waals surface area (Å²) in [6.07, 6.45) is -8.61. The van der Waals surface area contributed by atoms with E-state index in [2.05, 4.69) is 15.0 Å². The van der Waals surface area contributed by atoms with Crippen LogP contribution in [0.25, 0.3) is 0 Å². The molecular weight excluding hydrogens is 412 g/mol. The first kappa shape index (κ1) is 22.8. The van der Waals surface area contributed by atoms with Crippen molar-refractivity contribution in [2.75, 3.05) is 26.6 Å². The Morgan fingerprint density at radius 3 is 2.03 bits per heavy atom. The second-order valence-electron chi connectivity index (χ2n) is 5.58. The summed E-state index contributed by atoms with van der Waals surface area (Å²) in [6, 6.07) is 8.42. The van der Waals surface area contributed by atoms with Gasteiger partial charge in [-0.2, -0.15) is 22.6 Å². The molecule has 0 bridgehead atoms. The van der Waals surface area contributed by atoms with Crippen molar-refractivity contribution < 1.29 is 41.3 Å². The maximum atomic E-state index is 12.9. The molecule has 11 heteroatoms. The summed E-state index contributed by atoms with van der Waals surface area (Å²) in [5.41, 5.74) is 0.456. The highest BCUT2D eigenvalue weighted by Crippen LogP contribution is 2.30. The molecule has 162 valence electrons. The van der Waals surface area contributed by atoms with Crippen molar-refractivity contribution in [1.29, 1.82) is 0 Å². The van der Waals surface area contributed by atoms with Crippen LogP contribution in [-0.4, -0.2) is 45.8 Å². The number of nitrogens with zero attached hydrogens (tertiary/aromatic N) is 1. The second-order valence-corrected chi connectivity index (χ2v) is 5.58. The number of hydrogen-bond donors (Lipinski definition) is 1. The summed E-state index contributed by atoms with van der Waals surface area (Å²) in [4.78, 5) is 16.1. The molecule has 2 aromatic carbocycles. The van der Waals surface area contributed by atoms with E-state index in [0.29, 0.717) is 17.1 Å². The summed E-state index contributed by atoms with van der Waals surface area (Å²) in [7, 11) is 4.15. The Morgan fingerprint density at radius 1 is 1.00 bits per heavy atom. The largest absolute Gasteiger partial charge is 0.496 e. The number of hydrogen-bond acceptors (Lipinski definition) is 5. The van der Waals surface area contributed by atoms with Gasteiger partial charge >= 0.3 is 18.6 Å². The number of urea groups is 1. The number of benzene rings is 2. The maximum absolute atomic E-state index is 12.9. The first-order valence-electron chi connectivity index (χ1n) is 8.32. The molecule has 2 aromatic rings. The number of nitrogens with one attached hydrogen (secondary N) is 1. The van der Waals surface area contributed by atoms with Gasteiger partial charge in [0.05, 0.1) is 21.3 Å². The van der Waals surface area contributed by atoms with Crippen molar-refractivity contribution in [1.82, 2.24) is 0 Å². The summed E-state index contributed by atoms with van der Waals surface area (Å²) in [5.74, 6) is 0.102. The molecule has 0 aliphatic rings. The van der Waals surface area contributed by atoms with Crippen LogP contribution < -0.4 is 19.5 Å². The van der Waals surface area contributed by atoms with Gasteiger partial charge in [-0.25, -0.2) is 4.79 Å². The Hall–Kier alpha value is -3.50. The van der Waals surface area contributed by atoms with Gasteiger partial charge in [-0.15, -0.1) is 0 Å². The topological polar surface area (TPSA) is 78.4 Å². The first-order valence-corrected chi connectivity index (χ1v) is 8.32. The van der Waals surface area contributed by atoms with Crippen LogP contribution in [0.2, 0.25) is 0 Å². The Morgan fingerprint density at radius 2 is 1.57 bits per heavy atom. The maximum Gasteiger partial charge on any atom is 0.461 e. The number of amides is 2. The Kier molecular flexibility index (Phi) is 7.45. The zero-order valence-corrected chi connectivity index (χ0v) is 16.1. The van der Waals surface area contributed by atoms with Crippen molar-refractivity contribution in [3.63, 3.8) is 0 Å². The number of halogens is 4. The van der Waals surface area contributed by atoms with Crippen molar-refractivity contribution in [3.8, 4) is 17.2 Å². The van der Waals surface area contributed by atoms with Gasteiger partial charge in [0.25, 0.3) is 0 Å². The highest BCUT2D eigenvalue weighted by atomic mass is 19.3. The van der Waals surface area contributed by atoms with Crippen LogP contribution >= 0.6 is 0 Å². The molecule has 0 atom stereocenters. The molecule has 1 N–H and O–H groups in total. The van der Waals surface area contributed by atoms with Gasteiger partial charge in [-0.1, -0.05) is 6.07 Å². The Labute approximate surface area is 169 Å². The lowest BCUT2D eigenvalue weighted by Crippen LogP contribution is -2.33. The predicted molar refractivity (Wildman–Crippen MR) is 100 cm³/mol. The van der Waals surface area contributed by atoms with Crippen LogP contribution in [0.4, 0.5) is 28.0 Å². The first-order chi connectivity index (χ1) is 14.2. The van der Waals surface area contributed by atoms with E-state index in [0.717, 1.165) is 12.1 Å². The SMILES string of the molecule is CO/C(=N\C(=O)Nc1ccc(OC(F)(F)C(F)F)cc1)c1c(OC)cccc1OC. The number of ether oxygens (including phenoxy) is 4. The summed E-state index contributed by atoms with van der Waals surface area (Å²) < 4.78 is 69.8. The molecule has 7 nitrogen and oxygen atoms in total. The standard InChI is InChI=1S/C19H18F4N2O5/c1-27-13-5-4-6-14(28-2)15(13)16(29-3)25-18(26)24-11-7-9-12(10-8-11)30-19(22,23)17(20)21/h4-10,17H,1-3H3,(H,24,26)/b25-16-. The predicted octanol–water partition coefficient (Wildman–Crippen LogP) is 4.57. The summed E-state index contributed by atoms with van der Waals surface area (Å²) in [6.45, 7) is 0. The van der Waals surface area contributed by atoms with Crippen molar-refractivity contribution >= 4 is 17.6 Å². The minimum atomic E-state index is -4.63. The van der Waals surface area contributed by atoms with Gasteiger partial charge in [-0.3, -0.25) is 0 Å². The van der Waals surface area contributed by atoms with E-state index >= 15 is 0 Å². The lowest BCUT2D eigenvalue weighted by atomic mass is 10.1. The number of carbonyl (C=O) groups excluding carboxylic acids is 1. The van der Waals surface area contributed by atoms with Gasteiger partial charge in [0, 0.05) is 5.69 Å². The molecular formula is C19H18F4N2O5. The van der Waals surface area contributed by atoms with E-state index in [9.17, 15) is 22.4 Å². The van der Waals surface area contributed by atoms with Crippen LogP contribution in [-0.2, 0) is 4.74 Å². The molecule has 0 fully saturated rings. The van der Waals surface area contributed by atoms with E-state index in [1.807, 2.05) is 0 Å². The van der Waals surface area contributed by atoms with Gasteiger partial charge in [0.1, 0.15) is 22.8 Å². The lowest BCUT2D eigenvalue weighted by Gasteiger charge is -2.16. The third kappa shape index (κ3) is 5.52. The van der Waals surface area contributed by atoms with E-state index in [4.69, 9.17) is 14.2 Å². The lowest BCUT2D eigenvalue weighted by molar-refractivity contribution is -0.253. The van der Waals surface area contributed by atoms with Crippen molar-refractivity contribution in [3.05, 3.63) is 48.0 Å². The highest BCUT2D eigenvalue weighted by Gasteiger charge is 2.43. The molecule has 0 heterocycles. The Balaban J connectivity index is 2.19. The third-order valence-corrected chi connectivity index (χ3v) is 3.65. The van der Waals surface area contributed by atoms with E-state index in [-0.39, 0.29) is 11.6 Å². The van der Waals surface area contributed by atoms with Crippen LogP contribution in [0, 0.1) is 0 Å². The summed E-state index contributed by atoms with van der Waals surface area (Å²) >= 11 is 0. The molecule has 30 heavy (non-hydrogen) atoms. The van der Waals surface area contributed by atoms with Gasteiger partial charge < -0.3 is 24.3 Å². The summed E-state index contributed by atoms with van der Waals surface area (Å²) in [5, 5.41) is 2.38. The molecule has 0 saturated heterocycles. The zero-order chi connectivity index (χ0) is 22.3. The molecule has 0 aliphatic carbocycles. The quantitative estimate of drug-likeness (QED) is 0.396. The fraction of sp³-hybridized carbons (Fsp3) is 0.263.